The van der Waals surface area contributed by atoms with E-state index in [1.165, 1.54) is 0 Å². The standard InChI is InChI=1S/C2BrClF2S/c3-1(7)2(4,5)6. The van der Waals surface area contributed by atoms with E-state index in [9.17, 15) is 8.78 Å². The Hall–Kier alpha value is 0.720. The summed E-state index contributed by atoms with van der Waals surface area (Å²) in [6.45, 7) is 0. The van der Waals surface area contributed by atoms with Crippen LogP contribution in [-0.2, 0) is 0 Å². The molecule has 0 aliphatic carbocycles. The van der Waals surface area contributed by atoms with Crippen LogP contribution < -0.4 is 0 Å². The summed E-state index contributed by atoms with van der Waals surface area (Å²) in [5, 5.41) is -3.38. The molecule has 0 spiro atoms. The second kappa shape index (κ2) is 2.33. The lowest BCUT2D eigenvalue weighted by atomic mass is 10.8. The Labute approximate surface area is 58.0 Å². The van der Waals surface area contributed by atoms with Crippen LogP contribution in [0.15, 0.2) is 0 Å². The second-order valence-electron chi connectivity index (χ2n) is 0.771. The summed E-state index contributed by atoms with van der Waals surface area (Å²) in [4.78, 5) is 0. The number of thiocarbonyl (C=S) groups is 1. The number of hydrogen-bond acceptors (Lipinski definition) is 1. The Morgan fingerprint density at radius 3 is 1.86 bits per heavy atom. The molecule has 0 saturated carbocycles. The topological polar surface area (TPSA) is 0 Å². The largest absolute Gasteiger partial charge is 0.364 e. The van der Waals surface area contributed by atoms with Crippen LogP contribution in [0, 0.1) is 0 Å². The molecule has 0 aliphatic heterocycles. The van der Waals surface area contributed by atoms with Crippen LogP contribution in [0.1, 0.15) is 0 Å². The van der Waals surface area contributed by atoms with E-state index >= 15 is 0 Å². The van der Waals surface area contributed by atoms with Gasteiger partial charge in [-0.25, -0.2) is 0 Å². The molecule has 0 amide bonds. The Balaban J connectivity index is 3.79. The van der Waals surface area contributed by atoms with Gasteiger partial charge in [0.25, 0.3) is 0 Å². The minimum atomic E-state index is -3.38. The van der Waals surface area contributed by atoms with Gasteiger partial charge in [-0.15, -0.1) is 0 Å². The van der Waals surface area contributed by atoms with Crippen LogP contribution >= 0.6 is 39.7 Å². The molecule has 0 aliphatic rings. The third-order valence-corrected chi connectivity index (χ3v) is 1.51. The van der Waals surface area contributed by atoms with Gasteiger partial charge >= 0.3 is 5.38 Å². The summed E-state index contributed by atoms with van der Waals surface area (Å²) in [6, 6.07) is 0. The van der Waals surface area contributed by atoms with E-state index in [0.29, 0.717) is 0 Å². The first kappa shape index (κ1) is 7.72. The van der Waals surface area contributed by atoms with Gasteiger partial charge in [-0.05, 0) is 27.5 Å². The van der Waals surface area contributed by atoms with E-state index < -0.39 is 9.16 Å². The van der Waals surface area contributed by atoms with Crippen molar-refractivity contribution in [2.24, 2.45) is 0 Å². The van der Waals surface area contributed by atoms with E-state index in [4.69, 9.17) is 0 Å². The molecule has 0 unspecified atom stereocenters. The molecule has 0 atom stereocenters. The normalized spacial score (nSPS) is 11.4. The minimum Gasteiger partial charge on any atom is -0.182 e. The summed E-state index contributed by atoms with van der Waals surface area (Å²) >= 11 is 10.7. The molecule has 0 heterocycles. The van der Waals surface area contributed by atoms with Crippen LogP contribution in [0.2, 0.25) is 0 Å². The molecule has 5 heteroatoms. The predicted octanol–water partition coefficient (Wildman–Crippen LogP) is 2.54. The molecule has 42 valence electrons. The fraction of sp³-hybridized carbons (Fsp3) is 0.500. The van der Waals surface area contributed by atoms with Gasteiger partial charge in [0.15, 0.2) is 0 Å². The van der Waals surface area contributed by atoms with Crippen molar-refractivity contribution in [3.8, 4) is 0 Å². The van der Waals surface area contributed by atoms with Gasteiger partial charge in [0.05, 0.1) is 0 Å². The van der Waals surface area contributed by atoms with Crippen LogP contribution in [0.5, 0.6) is 0 Å². The molecule has 0 aromatic rings. The Morgan fingerprint density at radius 1 is 1.71 bits per heavy atom. The number of hydrogen-bond donors (Lipinski definition) is 0. The van der Waals surface area contributed by atoms with Crippen molar-refractivity contribution in [2.45, 2.75) is 5.38 Å². The summed E-state index contributed by atoms with van der Waals surface area (Å²) in [6.07, 6.45) is 0. The fourth-order valence-corrected chi connectivity index (χ4v) is 0. The van der Waals surface area contributed by atoms with Crippen molar-refractivity contribution in [3.63, 3.8) is 0 Å². The maximum atomic E-state index is 11.4. The Bertz CT molecular complexity index is 88.2. The van der Waals surface area contributed by atoms with Crippen LogP contribution in [0.4, 0.5) is 8.78 Å². The first-order valence-electron chi connectivity index (χ1n) is 1.21. The van der Waals surface area contributed by atoms with E-state index in [1.807, 2.05) is 0 Å². The SMILES string of the molecule is FC(F)(Cl)C(=S)Br. The van der Waals surface area contributed by atoms with E-state index in [1.54, 1.807) is 0 Å². The van der Waals surface area contributed by atoms with E-state index in [0.717, 1.165) is 0 Å². The number of alkyl halides is 3. The smallest absolute Gasteiger partial charge is 0.182 e. The molecule has 0 rings (SSSR count). The van der Waals surface area contributed by atoms with Gasteiger partial charge in [-0.2, -0.15) is 8.78 Å². The van der Waals surface area contributed by atoms with Crippen molar-refractivity contribution in [3.05, 3.63) is 0 Å². The molecule has 0 fully saturated rings. The third kappa shape index (κ3) is 3.32. The second-order valence-corrected chi connectivity index (χ2v) is 2.97. The lowest BCUT2D eigenvalue weighted by Gasteiger charge is -1.99. The van der Waals surface area contributed by atoms with Gasteiger partial charge in [0, 0.05) is 0 Å². The summed E-state index contributed by atoms with van der Waals surface area (Å²) in [7, 11) is 0. The van der Waals surface area contributed by atoms with E-state index in [2.05, 4.69) is 39.7 Å². The summed E-state index contributed by atoms with van der Waals surface area (Å²) < 4.78 is 22.2. The highest BCUT2D eigenvalue weighted by Gasteiger charge is 2.28. The Kier molecular flexibility index (Phi) is 2.57. The van der Waals surface area contributed by atoms with Crippen LogP contribution in [0.25, 0.3) is 0 Å². The molecule has 0 aromatic carbocycles. The van der Waals surface area contributed by atoms with Crippen molar-refractivity contribution in [2.75, 3.05) is 0 Å². The predicted molar refractivity (Wildman–Crippen MR) is 32.3 cm³/mol. The highest BCUT2D eigenvalue weighted by molar-refractivity contribution is 9.20. The zero-order valence-corrected chi connectivity index (χ0v) is 6.08. The molecule has 0 nitrogen and oxygen atoms in total. The quantitative estimate of drug-likeness (QED) is 0.363. The van der Waals surface area contributed by atoms with Crippen molar-refractivity contribution < 1.29 is 8.78 Å². The molecular weight excluding hydrogens is 209 g/mol. The molecule has 0 radical (unpaired) electrons. The molecular formula is C2BrClF2S. The maximum Gasteiger partial charge on any atom is 0.364 e. The maximum absolute atomic E-state index is 11.4. The first-order chi connectivity index (χ1) is 2.94. The average Bonchev–Trinajstić information content (AvgIpc) is 1.31. The van der Waals surface area contributed by atoms with Crippen molar-refractivity contribution >= 4 is 43.5 Å². The monoisotopic (exact) mass is 208 g/mol. The Morgan fingerprint density at radius 2 is 1.86 bits per heavy atom. The number of rotatable bonds is 1. The average molecular weight is 209 g/mol. The van der Waals surface area contributed by atoms with Crippen LogP contribution in [-0.4, -0.2) is 9.16 Å². The van der Waals surface area contributed by atoms with E-state index in [-0.39, 0.29) is 0 Å². The van der Waals surface area contributed by atoms with Gasteiger partial charge in [-0.3, -0.25) is 0 Å². The minimum absolute atomic E-state index is 0.679. The van der Waals surface area contributed by atoms with Gasteiger partial charge in [0.2, 0.25) is 0 Å². The third-order valence-electron chi connectivity index (χ3n) is 0.223. The van der Waals surface area contributed by atoms with Crippen molar-refractivity contribution in [1.82, 2.24) is 0 Å². The fourth-order valence-electron chi connectivity index (χ4n) is 0. The summed E-state index contributed by atoms with van der Waals surface area (Å²) in [5.41, 5.74) is 0. The molecule has 0 N–H and O–H groups in total. The molecule has 7 heavy (non-hydrogen) atoms. The summed E-state index contributed by atoms with van der Waals surface area (Å²) in [5.74, 6) is 0. The lowest BCUT2D eigenvalue weighted by Crippen LogP contribution is -2.11. The molecule has 0 saturated heterocycles. The zero-order valence-electron chi connectivity index (χ0n) is 2.92. The zero-order chi connectivity index (χ0) is 6.08. The first-order valence-corrected chi connectivity index (χ1v) is 2.79. The highest BCUT2D eigenvalue weighted by atomic mass is 79.9. The van der Waals surface area contributed by atoms with Gasteiger partial charge < -0.3 is 0 Å². The molecule has 0 bridgehead atoms. The van der Waals surface area contributed by atoms with Gasteiger partial charge in [0.1, 0.15) is 3.77 Å². The van der Waals surface area contributed by atoms with Gasteiger partial charge in [-0.1, -0.05) is 12.2 Å². The number of halogens is 4. The van der Waals surface area contributed by atoms with Crippen molar-refractivity contribution in [1.29, 1.82) is 0 Å². The van der Waals surface area contributed by atoms with Crippen LogP contribution in [0.3, 0.4) is 0 Å². The molecule has 0 aromatic heterocycles. The lowest BCUT2D eigenvalue weighted by molar-refractivity contribution is 0.182. The highest BCUT2D eigenvalue weighted by Crippen LogP contribution is 2.23.